The van der Waals surface area contributed by atoms with E-state index in [1.165, 1.54) is 18.7 Å². The number of aromatic nitrogens is 5. The lowest BCUT2D eigenvalue weighted by atomic mass is 10.3. The molecule has 108 valence electrons. The second-order valence-corrected chi connectivity index (χ2v) is 5.61. The van der Waals surface area contributed by atoms with Gasteiger partial charge in [0.25, 0.3) is 5.78 Å². The van der Waals surface area contributed by atoms with Crippen LogP contribution < -0.4 is 0 Å². The number of hydrogen-bond acceptors (Lipinski definition) is 7. The molecule has 0 radical (unpaired) electrons. The van der Waals surface area contributed by atoms with E-state index in [1.54, 1.807) is 10.6 Å². The summed E-state index contributed by atoms with van der Waals surface area (Å²) in [6.07, 6.45) is 0. The predicted octanol–water partition coefficient (Wildman–Crippen LogP) is 2.22. The monoisotopic (exact) mass is 303 g/mol. The molecule has 0 aromatic carbocycles. The fraction of sp³-hybridized carbons (Fsp3) is 0.308. The minimum atomic E-state index is -0.115. The normalized spacial score (nSPS) is 11.2. The largest absolute Gasteiger partial charge is 0.360 e. The number of thioether (sulfide) groups is 1. The molecule has 0 aliphatic carbocycles. The number of Topliss-reactive ketones (excluding diaryl/α,β-unsaturated/α-hetero) is 1. The van der Waals surface area contributed by atoms with Gasteiger partial charge < -0.3 is 4.52 Å². The van der Waals surface area contributed by atoms with E-state index in [4.69, 9.17) is 4.52 Å². The zero-order valence-corrected chi connectivity index (χ0v) is 12.6. The molecule has 3 aromatic rings. The highest BCUT2D eigenvalue weighted by Gasteiger charge is 2.12. The molecule has 0 aliphatic heterocycles. The predicted molar refractivity (Wildman–Crippen MR) is 76.3 cm³/mol. The van der Waals surface area contributed by atoms with Gasteiger partial charge in [0.1, 0.15) is 11.5 Å². The molecule has 3 heterocycles. The summed E-state index contributed by atoms with van der Waals surface area (Å²) >= 11 is 1.41. The third-order valence-corrected chi connectivity index (χ3v) is 3.72. The Balaban J connectivity index is 1.78. The molecular formula is C13H13N5O2S. The highest BCUT2D eigenvalue weighted by Crippen LogP contribution is 2.21. The summed E-state index contributed by atoms with van der Waals surface area (Å²) in [5.41, 5.74) is 2.22. The Morgan fingerprint density at radius 1 is 1.33 bits per heavy atom. The Labute approximate surface area is 124 Å². The van der Waals surface area contributed by atoms with Crippen LogP contribution in [0.15, 0.2) is 21.8 Å². The number of nitrogens with zero attached hydrogens (tertiary/aromatic N) is 5. The maximum absolute atomic E-state index is 11.2. The molecular weight excluding hydrogens is 290 g/mol. The number of carbonyl (C=O) groups excluding carboxylic acids is 1. The van der Waals surface area contributed by atoms with Gasteiger partial charge in [0.2, 0.25) is 5.16 Å². The van der Waals surface area contributed by atoms with Gasteiger partial charge in [-0.15, -0.1) is 5.10 Å². The van der Waals surface area contributed by atoms with Crippen molar-refractivity contribution in [3.8, 4) is 0 Å². The average Bonchev–Trinajstić information content (AvgIpc) is 3.02. The van der Waals surface area contributed by atoms with E-state index >= 15 is 0 Å². The van der Waals surface area contributed by atoms with Crippen molar-refractivity contribution in [1.82, 2.24) is 24.7 Å². The Morgan fingerprint density at radius 2 is 2.14 bits per heavy atom. The summed E-state index contributed by atoms with van der Waals surface area (Å²) in [5.74, 6) is 1.59. The van der Waals surface area contributed by atoms with Crippen LogP contribution in [0.2, 0.25) is 0 Å². The quantitative estimate of drug-likeness (QED) is 0.539. The molecule has 3 aromatic heterocycles. The Morgan fingerprint density at radius 3 is 2.86 bits per heavy atom. The molecule has 0 spiro atoms. The molecule has 0 aliphatic rings. The van der Waals surface area contributed by atoms with E-state index in [2.05, 4.69) is 20.2 Å². The lowest BCUT2D eigenvalue weighted by molar-refractivity contribution is 0.100. The first-order valence-corrected chi connectivity index (χ1v) is 7.32. The molecule has 8 heteroatoms. The van der Waals surface area contributed by atoms with E-state index < -0.39 is 0 Å². The van der Waals surface area contributed by atoms with Crippen LogP contribution >= 0.6 is 11.8 Å². The maximum Gasteiger partial charge on any atom is 0.253 e. The molecule has 0 amide bonds. The second kappa shape index (κ2) is 5.28. The summed E-state index contributed by atoms with van der Waals surface area (Å²) in [7, 11) is 0. The molecule has 0 atom stereocenters. The van der Waals surface area contributed by atoms with Gasteiger partial charge in [-0.2, -0.15) is 4.98 Å². The third-order valence-electron chi connectivity index (χ3n) is 2.86. The molecule has 0 saturated carbocycles. The first kappa shape index (κ1) is 13.7. The van der Waals surface area contributed by atoms with Crippen molar-refractivity contribution in [2.24, 2.45) is 0 Å². The van der Waals surface area contributed by atoms with Crippen LogP contribution in [0.4, 0.5) is 0 Å². The Bertz CT molecular complexity index is 823. The van der Waals surface area contributed by atoms with Gasteiger partial charge in [-0.05, 0) is 19.9 Å². The van der Waals surface area contributed by atoms with Crippen molar-refractivity contribution < 1.29 is 9.32 Å². The standard InChI is InChI=1S/C13H13N5O2S/c1-7-4-8(2)18-12(14-7)15-13(16-18)21-6-10-5-11(9(3)19)17-20-10/h4-5H,6H2,1-3H3. The van der Waals surface area contributed by atoms with Crippen molar-refractivity contribution in [2.75, 3.05) is 0 Å². The topological polar surface area (TPSA) is 86.2 Å². The average molecular weight is 303 g/mol. The van der Waals surface area contributed by atoms with Crippen molar-refractivity contribution in [3.63, 3.8) is 0 Å². The van der Waals surface area contributed by atoms with E-state index in [9.17, 15) is 4.79 Å². The van der Waals surface area contributed by atoms with E-state index in [0.29, 0.717) is 28.1 Å². The zero-order valence-electron chi connectivity index (χ0n) is 11.8. The van der Waals surface area contributed by atoms with Crippen LogP contribution in [0.25, 0.3) is 5.78 Å². The van der Waals surface area contributed by atoms with Crippen molar-refractivity contribution >= 4 is 23.3 Å². The van der Waals surface area contributed by atoms with Crippen LogP contribution in [0.3, 0.4) is 0 Å². The smallest absolute Gasteiger partial charge is 0.253 e. The molecule has 0 N–H and O–H groups in total. The fourth-order valence-corrected chi connectivity index (χ4v) is 2.58. The van der Waals surface area contributed by atoms with Gasteiger partial charge in [-0.3, -0.25) is 4.79 Å². The molecule has 0 saturated heterocycles. The molecule has 21 heavy (non-hydrogen) atoms. The fourth-order valence-electron chi connectivity index (χ4n) is 1.89. The number of aryl methyl sites for hydroxylation is 2. The number of hydrogen-bond donors (Lipinski definition) is 0. The summed E-state index contributed by atoms with van der Waals surface area (Å²) in [6, 6.07) is 3.59. The summed E-state index contributed by atoms with van der Waals surface area (Å²) in [6.45, 7) is 5.34. The van der Waals surface area contributed by atoms with Crippen LogP contribution in [0, 0.1) is 13.8 Å². The van der Waals surface area contributed by atoms with Crippen LogP contribution in [-0.2, 0) is 5.75 Å². The van der Waals surface area contributed by atoms with Crippen LogP contribution in [0.5, 0.6) is 0 Å². The Kier molecular flexibility index (Phi) is 3.46. The van der Waals surface area contributed by atoms with Crippen molar-refractivity contribution in [1.29, 1.82) is 0 Å². The van der Waals surface area contributed by atoms with Crippen molar-refractivity contribution in [3.05, 3.63) is 35.0 Å². The molecule has 7 nitrogen and oxygen atoms in total. The number of fused-ring (bicyclic) bond motifs is 1. The van der Waals surface area contributed by atoms with Crippen LogP contribution in [0.1, 0.15) is 34.6 Å². The minimum Gasteiger partial charge on any atom is -0.360 e. The highest BCUT2D eigenvalue weighted by atomic mass is 32.2. The van der Waals surface area contributed by atoms with E-state index in [1.807, 2.05) is 19.9 Å². The minimum absolute atomic E-state index is 0.115. The van der Waals surface area contributed by atoms with E-state index in [0.717, 1.165) is 11.4 Å². The van der Waals surface area contributed by atoms with Crippen LogP contribution in [-0.4, -0.2) is 30.5 Å². The summed E-state index contributed by atoms with van der Waals surface area (Å²) < 4.78 is 6.80. The highest BCUT2D eigenvalue weighted by molar-refractivity contribution is 7.98. The number of rotatable bonds is 4. The van der Waals surface area contributed by atoms with Gasteiger partial charge in [0.05, 0.1) is 5.75 Å². The second-order valence-electron chi connectivity index (χ2n) is 4.67. The number of carbonyl (C=O) groups is 1. The SMILES string of the molecule is CC(=O)c1cc(CSc2nc3nc(C)cc(C)n3n2)on1. The lowest BCUT2D eigenvalue weighted by Crippen LogP contribution is -1.97. The maximum atomic E-state index is 11.2. The number of ketones is 1. The van der Waals surface area contributed by atoms with E-state index in [-0.39, 0.29) is 5.78 Å². The van der Waals surface area contributed by atoms with Gasteiger partial charge >= 0.3 is 0 Å². The Hall–Kier alpha value is -2.22. The first-order chi connectivity index (χ1) is 10.0. The van der Waals surface area contributed by atoms with Gasteiger partial charge in [0.15, 0.2) is 5.78 Å². The molecule has 3 rings (SSSR count). The summed E-state index contributed by atoms with van der Waals surface area (Å²) in [5, 5.41) is 8.70. The lowest BCUT2D eigenvalue weighted by Gasteiger charge is -1.97. The first-order valence-electron chi connectivity index (χ1n) is 6.33. The molecule has 0 fully saturated rings. The van der Waals surface area contributed by atoms with Crippen molar-refractivity contribution in [2.45, 2.75) is 31.7 Å². The van der Waals surface area contributed by atoms with Gasteiger partial charge in [-0.25, -0.2) is 9.50 Å². The van der Waals surface area contributed by atoms with Gasteiger partial charge in [-0.1, -0.05) is 16.9 Å². The summed E-state index contributed by atoms with van der Waals surface area (Å²) in [4.78, 5) is 19.9. The van der Waals surface area contributed by atoms with Gasteiger partial charge in [0, 0.05) is 24.4 Å². The zero-order chi connectivity index (χ0) is 15.0. The molecule has 0 unspecified atom stereocenters. The molecule has 0 bridgehead atoms. The third kappa shape index (κ3) is 2.80.